The third kappa shape index (κ3) is 3.35. The summed E-state index contributed by atoms with van der Waals surface area (Å²) in [5.41, 5.74) is 0.774. The van der Waals surface area contributed by atoms with Crippen LogP contribution in [0.4, 0.5) is 4.39 Å². The van der Waals surface area contributed by atoms with Gasteiger partial charge in [-0.1, -0.05) is 6.07 Å². The van der Waals surface area contributed by atoms with Gasteiger partial charge in [-0.05, 0) is 23.8 Å². The molecule has 0 aliphatic heterocycles. The first-order valence-electron chi connectivity index (χ1n) is 5.67. The molecule has 0 radical (unpaired) electrons. The van der Waals surface area contributed by atoms with E-state index in [1.54, 1.807) is 6.07 Å². The van der Waals surface area contributed by atoms with E-state index >= 15 is 0 Å². The van der Waals surface area contributed by atoms with Crippen LogP contribution in [-0.2, 0) is 23.2 Å². The molecule has 0 amide bonds. The number of halogens is 1. The third-order valence-corrected chi connectivity index (χ3v) is 3.97. The van der Waals surface area contributed by atoms with Gasteiger partial charge >= 0.3 is 0 Å². The molecule has 1 aromatic heterocycles. The topological polar surface area (TPSA) is 92.2 Å². The molecular weight excluding hydrogens is 285 g/mol. The molecule has 8 heteroatoms. The average Bonchev–Trinajstić information content (AvgIpc) is 2.47. The minimum atomic E-state index is -4.02. The molecule has 2 aromatic rings. The Morgan fingerprint density at radius 2 is 2.10 bits per heavy atom. The first kappa shape index (κ1) is 14.5. The van der Waals surface area contributed by atoms with Crippen molar-refractivity contribution in [1.29, 1.82) is 0 Å². The van der Waals surface area contributed by atoms with Crippen molar-refractivity contribution in [1.82, 2.24) is 14.7 Å². The second-order valence-electron chi connectivity index (χ2n) is 3.95. The number of aliphatic hydroxyl groups is 1. The fourth-order valence-corrected chi connectivity index (χ4v) is 2.65. The quantitative estimate of drug-likeness (QED) is 0.842. The number of hydrogen-bond donors (Lipinski definition) is 2. The number of rotatable bonds is 5. The lowest BCUT2D eigenvalue weighted by Crippen LogP contribution is -2.24. The molecule has 0 unspecified atom stereocenters. The summed E-state index contributed by atoms with van der Waals surface area (Å²) in [6.45, 7) is -0.442. The van der Waals surface area contributed by atoms with Crippen LogP contribution in [0.15, 0.2) is 41.7 Å². The average molecular weight is 297 g/mol. The van der Waals surface area contributed by atoms with E-state index in [0.29, 0.717) is 11.3 Å². The Labute approximate surface area is 115 Å². The highest BCUT2D eigenvalue weighted by Gasteiger charge is 2.19. The van der Waals surface area contributed by atoms with Crippen LogP contribution < -0.4 is 4.72 Å². The van der Waals surface area contributed by atoms with Gasteiger partial charge in [0.1, 0.15) is 17.0 Å². The third-order valence-electron chi connectivity index (χ3n) is 2.55. The largest absolute Gasteiger partial charge is 0.392 e. The smallest absolute Gasteiger partial charge is 0.243 e. The van der Waals surface area contributed by atoms with Gasteiger partial charge in [0.2, 0.25) is 10.0 Å². The van der Waals surface area contributed by atoms with Crippen molar-refractivity contribution < 1.29 is 17.9 Å². The van der Waals surface area contributed by atoms with Gasteiger partial charge in [0.25, 0.3) is 0 Å². The van der Waals surface area contributed by atoms with E-state index in [2.05, 4.69) is 14.7 Å². The molecular formula is C12H12FN3O3S. The van der Waals surface area contributed by atoms with Crippen LogP contribution in [0.2, 0.25) is 0 Å². The van der Waals surface area contributed by atoms with E-state index in [-0.39, 0.29) is 13.2 Å². The van der Waals surface area contributed by atoms with Crippen LogP contribution in [0.25, 0.3) is 0 Å². The maximum absolute atomic E-state index is 13.6. The highest BCUT2D eigenvalue weighted by molar-refractivity contribution is 7.89. The van der Waals surface area contributed by atoms with Crippen LogP contribution in [-0.4, -0.2) is 23.5 Å². The number of nitrogens with zero attached hydrogens (tertiary/aromatic N) is 2. The van der Waals surface area contributed by atoms with Crippen molar-refractivity contribution in [2.75, 3.05) is 0 Å². The fraction of sp³-hybridized carbons (Fsp3) is 0.167. The molecule has 0 fully saturated rings. The van der Waals surface area contributed by atoms with E-state index < -0.39 is 20.7 Å². The van der Waals surface area contributed by atoms with Crippen molar-refractivity contribution in [2.45, 2.75) is 18.0 Å². The molecule has 20 heavy (non-hydrogen) atoms. The molecule has 1 heterocycles. The molecule has 0 bridgehead atoms. The lowest BCUT2D eigenvalue weighted by Gasteiger charge is -2.08. The number of aromatic nitrogens is 2. The molecule has 0 atom stereocenters. The van der Waals surface area contributed by atoms with Crippen LogP contribution in [0.5, 0.6) is 0 Å². The Kier molecular flexibility index (Phi) is 4.38. The Bertz CT molecular complexity index is 692. The van der Waals surface area contributed by atoms with Gasteiger partial charge in [0.15, 0.2) is 0 Å². The summed E-state index contributed by atoms with van der Waals surface area (Å²) in [6, 6.07) is 4.96. The van der Waals surface area contributed by atoms with Gasteiger partial charge in [-0.3, -0.25) is 0 Å². The fourth-order valence-electron chi connectivity index (χ4n) is 1.52. The Morgan fingerprint density at radius 1 is 1.30 bits per heavy atom. The molecule has 2 N–H and O–H groups in total. The van der Waals surface area contributed by atoms with Gasteiger partial charge in [0.05, 0.1) is 18.8 Å². The summed E-state index contributed by atoms with van der Waals surface area (Å²) < 4.78 is 39.9. The lowest BCUT2D eigenvalue weighted by molar-refractivity contribution is 0.281. The molecule has 6 nitrogen and oxygen atoms in total. The molecule has 0 saturated heterocycles. The molecule has 0 spiro atoms. The van der Waals surface area contributed by atoms with Crippen LogP contribution in [0.1, 0.15) is 11.3 Å². The summed E-state index contributed by atoms with van der Waals surface area (Å²) in [6.07, 6.45) is 2.76. The molecule has 0 aliphatic carbocycles. The predicted octanol–water partition coefficient (Wildman–Crippen LogP) is 0.586. The Balaban J connectivity index is 2.22. The highest BCUT2D eigenvalue weighted by atomic mass is 32.2. The van der Waals surface area contributed by atoms with E-state index in [1.165, 1.54) is 18.6 Å². The van der Waals surface area contributed by atoms with E-state index in [4.69, 9.17) is 5.11 Å². The summed E-state index contributed by atoms with van der Waals surface area (Å²) in [7, 11) is -4.02. The van der Waals surface area contributed by atoms with Gasteiger partial charge in [-0.25, -0.2) is 27.5 Å². The lowest BCUT2D eigenvalue weighted by atomic mass is 10.2. The first-order chi connectivity index (χ1) is 9.53. The Hall–Kier alpha value is -1.90. The highest BCUT2D eigenvalue weighted by Crippen LogP contribution is 2.16. The molecule has 2 rings (SSSR count). The molecule has 0 aliphatic rings. The second-order valence-corrected chi connectivity index (χ2v) is 5.68. The molecule has 0 saturated carbocycles. The van der Waals surface area contributed by atoms with Crippen molar-refractivity contribution in [3.05, 3.63) is 53.9 Å². The minimum Gasteiger partial charge on any atom is -0.392 e. The van der Waals surface area contributed by atoms with Gasteiger partial charge in [-0.2, -0.15) is 0 Å². The van der Waals surface area contributed by atoms with Crippen LogP contribution in [0, 0.1) is 5.82 Å². The Morgan fingerprint density at radius 3 is 2.75 bits per heavy atom. The van der Waals surface area contributed by atoms with E-state index in [0.717, 1.165) is 12.1 Å². The number of sulfonamides is 1. The number of hydrogen-bond acceptors (Lipinski definition) is 5. The van der Waals surface area contributed by atoms with Gasteiger partial charge in [0, 0.05) is 6.20 Å². The summed E-state index contributed by atoms with van der Waals surface area (Å²) in [5.74, 6) is -0.877. The van der Waals surface area contributed by atoms with Crippen LogP contribution >= 0.6 is 0 Å². The predicted molar refractivity (Wildman–Crippen MR) is 68.4 cm³/mol. The monoisotopic (exact) mass is 297 g/mol. The second kappa shape index (κ2) is 6.04. The van der Waals surface area contributed by atoms with E-state index in [9.17, 15) is 12.8 Å². The number of benzene rings is 1. The van der Waals surface area contributed by atoms with Crippen molar-refractivity contribution in [3.63, 3.8) is 0 Å². The van der Waals surface area contributed by atoms with E-state index in [1.807, 2.05) is 0 Å². The summed E-state index contributed by atoms with van der Waals surface area (Å²) >= 11 is 0. The normalized spacial score (nSPS) is 11.5. The van der Waals surface area contributed by atoms with Gasteiger partial charge < -0.3 is 5.11 Å². The molecule has 106 valence electrons. The summed E-state index contributed by atoms with van der Waals surface area (Å²) in [4.78, 5) is 7.07. The van der Waals surface area contributed by atoms with Crippen molar-refractivity contribution in [2.24, 2.45) is 0 Å². The maximum atomic E-state index is 13.6. The maximum Gasteiger partial charge on any atom is 0.243 e. The van der Waals surface area contributed by atoms with Crippen LogP contribution in [0.3, 0.4) is 0 Å². The van der Waals surface area contributed by atoms with Crippen molar-refractivity contribution in [3.8, 4) is 0 Å². The molecule has 1 aromatic carbocycles. The van der Waals surface area contributed by atoms with Gasteiger partial charge in [-0.15, -0.1) is 0 Å². The zero-order valence-corrected chi connectivity index (χ0v) is 11.1. The SMILES string of the molecule is O=S(=O)(NCc1ccncn1)c1cc(CO)ccc1F. The zero-order chi connectivity index (χ0) is 14.6. The minimum absolute atomic E-state index is 0.0757. The van der Waals surface area contributed by atoms with Crippen molar-refractivity contribution >= 4 is 10.0 Å². The number of aliphatic hydroxyl groups excluding tert-OH is 1. The number of nitrogens with one attached hydrogen (secondary N) is 1. The zero-order valence-electron chi connectivity index (χ0n) is 10.3. The first-order valence-corrected chi connectivity index (χ1v) is 7.15. The summed E-state index contributed by atoms with van der Waals surface area (Å²) in [5, 5.41) is 8.97. The standard InChI is InChI=1S/C12H12FN3O3S/c13-11-2-1-9(7-17)5-12(11)20(18,19)16-6-10-3-4-14-8-15-10/h1-5,8,16-17H,6-7H2.